The minimum Gasteiger partial charge on any atom is -0.166 e. The third-order valence-corrected chi connectivity index (χ3v) is 8.44. The Morgan fingerprint density at radius 1 is 0.425 bits per heavy atom. The fourth-order valence-corrected chi connectivity index (χ4v) is 7.37. The zero-order valence-electron chi connectivity index (χ0n) is 21.4. The molecule has 0 aliphatic rings. The topological polar surface area (TPSA) is 0 Å². The predicted octanol–water partition coefficient (Wildman–Crippen LogP) is 10.4. The molecule has 0 saturated heterocycles. The standard InChI is InChI=1S/C27H21F12S/c1-12-6-13(2)9-18(8-12)40(19-10-14(3)7-17(11-19)24(28,29)30)23-16(5)15(4)20(25(31,32)33)21(26(34,35)36)22(23)27(37,38)39/h6-11H,1-5H3/q+1. The molecule has 0 aliphatic heterocycles. The van der Waals surface area contributed by atoms with E-state index in [4.69, 9.17) is 0 Å². The molecule has 40 heavy (non-hydrogen) atoms. The average molecular weight is 606 g/mol. The molecule has 0 heterocycles. The van der Waals surface area contributed by atoms with Gasteiger partial charge in [0.25, 0.3) is 0 Å². The molecule has 0 N–H and O–H groups in total. The van der Waals surface area contributed by atoms with Gasteiger partial charge in [0, 0.05) is 11.6 Å². The molecule has 3 aromatic rings. The fourth-order valence-electron chi connectivity index (χ4n) is 4.59. The smallest absolute Gasteiger partial charge is 0.166 e. The second-order valence-corrected chi connectivity index (χ2v) is 11.3. The van der Waals surface area contributed by atoms with E-state index in [-0.39, 0.29) is 10.5 Å². The van der Waals surface area contributed by atoms with Crippen LogP contribution in [0.25, 0.3) is 0 Å². The van der Waals surface area contributed by atoms with Crippen molar-refractivity contribution in [1.82, 2.24) is 0 Å². The van der Waals surface area contributed by atoms with Gasteiger partial charge in [0.05, 0.1) is 16.7 Å². The zero-order valence-corrected chi connectivity index (χ0v) is 22.2. The lowest BCUT2D eigenvalue weighted by molar-refractivity contribution is -0.176. The van der Waals surface area contributed by atoms with Gasteiger partial charge in [-0.05, 0) is 81.1 Å². The molecule has 0 saturated carbocycles. The Morgan fingerprint density at radius 2 is 0.825 bits per heavy atom. The Labute approximate surface area is 224 Å². The first-order valence-electron chi connectivity index (χ1n) is 11.3. The van der Waals surface area contributed by atoms with Crippen molar-refractivity contribution >= 4 is 10.9 Å². The van der Waals surface area contributed by atoms with Crippen LogP contribution in [0.3, 0.4) is 0 Å². The van der Waals surface area contributed by atoms with Crippen LogP contribution in [0.1, 0.15) is 50.1 Å². The first-order chi connectivity index (χ1) is 17.9. The number of aryl methyl sites for hydroxylation is 3. The van der Waals surface area contributed by atoms with Crippen molar-refractivity contribution in [2.24, 2.45) is 0 Å². The summed E-state index contributed by atoms with van der Waals surface area (Å²) in [5.74, 6) is 0. The number of hydrogen-bond donors (Lipinski definition) is 0. The van der Waals surface area contributed by atoms with Crippen molar-refractivity contribution in [3.8, 4) is 0 Å². The lowest BCUT2D eigenvalue weighted by Crippen LogP contribution is -2.28. The Morgan fingerprint density at radius 3 is 1.23 bits per heavy atom. The van der Waals surface area contributed by atoms with E-state index >= 15 is 0 Å². The Hall–Kier alpha value is -2.83. The average Bonchev–Trinajstić information content (AvgIpc) is 2.72. The molecule has 0 fully saturated rings. The Balaban J connectivity index is 2.70. The molecule has 3 aromatic carbocycles. The minimum absolute atomic E-state index is 0.0578. The largest absolute Gasteiger partial charge is 0.421 e. The fraction of sp³-hybridized carbons (Fsp3) is 0.333. The van der Waals surface area contributed by atoms with Crippen molar-refractivity contribution in [3.63, 3.8) is 0 Å². The monoisotopic (exact) mass is 605 g/mol. The quantitative estimate of drug-likeness (QED) is 0.206. The second-order valence-electron chi connectivity index (χ2n) is 9.36. The summed E-state index contributed by atoms with van der Waals surface area (Å²) in [5.41, 5.74) is -10.3. The van der Waals surface area contributed by atoms with Crippen LogP contribution >= 0.6 is 0 Å². The summed E-state index contributed by atoms with van der Waals surface area (Å²) >= 11 is 0. The van der Waals surface area contributed by atoms with Gasteiger partial charge in [-0.3, -0.25) is 0 Å². The number of benzene rings is 3. The maximum absolute atomic E-state index is 14.6. The molecule has 13 heteroatoms. The van der Waals surface area contributed by atoms with E-state index in [0.29, 0.717) is 30.2 Å². The third-order valence-electron chi connectivity index (χ3n) is 6.10. The molecule has 0 nitrogen and oxygen atoms in total. The van der Waals surface area contributed by atoms with E-state index in [1.807, 2.05) is 0 Å². The van der Waals surface area contributed by atoms with E-state index < -0.39 is 78.8 Å². The summed E-state index contributed by atoms with van der Waals surface area (Å²) in [7, 11) is -2.34. The molecular weight excluding hydrogens is 584 g/mol. The van der Waals surface area contributed by atoms with E-state index in [9.17, 15) is 52.7 Å². The van der Waals surface area contributed by atoms with Crippen molar-refractivity contribution in [1.29, 1.82) is 0 Å². The highest BCUT2D eigenvalue weighted by Crippen LogP contribution is 2.53. The van der Waals surface area contributed by atoms with Crippen LogP contribution in [0.2, 0.25) is 0 Å². The first kappa shape index (κ1) is 31.7. The van der Waals surface area contributed by atoms with Crippen molar-refractivity contribution < 1.29 is 52.7 Å². The Bertz CT molecular complexity index is 1420. The molecule has 0 radical (unpaired) electrons. The highest BCUT2D eigenvalue weighted by Gasteiger charge is 2.56. The van der Waals surface area contributed by atoms with E-state index in [2.05, 4.69) is 0 Å². The van der Waals surface area contributed by atoms with E-state index in [0.717, 1.165) is 13.0 Å². The number of alkyl halides is 12. The maximum atomic E-state index is 14.6. The first-order valence-corrected chi connectivity index (χ1v) is 12.6. The molecule has 0 amide bonds. The molecular formula is C27H21F12S+. The highest BCUT2D eigenvalue weighted by atomic mass is 32.2. The van der Waals surface area contributed by atoms with Crippen LogP contribution in [0, 0.1) is 34.6 Å². The van der Waals surface area contributed by atoms with Crippen LogP contribution in [-0.4, -0.2) is 0 Å². The maximum Gasteiger partial charge on any atom is 0.421 e. The SMILES string of the molecule is Cc1cc(C)cc([S+](c2cc(C)cc(C(F)(F)F)c2)c2c(C)c(C)c(C(F)(F)F)c(C(F)(F)F)c2C(F)(F)F)c1. The molecule has 1 unspecified atom stereocenters. The lowest BCUT2D eigenvalue weighted by Gasteiger charge is -2.26. The van der Waals surface area contributed by atoms with Crippen molar-refractivity contribution in [2.75, 3.05) is 0 Å². The van der Waals surface area contributed by atoms with Crippen LogP contribution in [0.15, 0.2) is 51.1 Å². The Kier molecular flexibility index (Phi) is 8.10. The van der Waals surface area contributed by atoms with Gasteiger partial charge in [0.1, 0.15) is 16.5 Å². The van der Waals surface area contributed by atoms with Gasteiger partial charge in [-0.15, -0.1) is 0 Å². The second kappa shape index (κ2) is 10.2. The number of rotatable bonds is 3. The summed E-state index contributed by atoms with van der Waals surface area (Å²) in [4.78, 5) is -1.69. The summed E-state index contributed by atoms with van der Waals surface area (Å²) in [6, 6.07) is 6.50. The lowest BCUT2D eigenvalue weighted by atomic mass is 9.91. The molecule has 0 spiro atoms. The number of hydrogen-bond acceptors (Lipinski definition) is 0. The van der Waals surface area contributed by atoms with Gasteiger partial charge in [-0.1, -0.05) is 6.07 Å². The summed E-state index contributed by atoms with van der Waals surface area (Å²) in [6.45, 7) is 5.70. The van der Waals surface area contributed by atoms with Gasteiger partial charge in [0.2, 0.25) is 0 Å². The molecule has 0 bridgehead atoms. The van der Waals surface area contributed by atoms with Crippen LogP contribution in [0.5, 0.6) is 0 Å². The van der Waals surface area contributed by atoms with E-state index in [1.54, 1.807) is 6.07 Å². The molecule has 0 aliphatic carbocycles. The van der Waals surface area contributed by atoms with Gasteiger partial charge in [0.15, 0.2) is 14.7 Å². The van der Waals surface area contributed by atoms with E-state index in [1.165, 1.54) is 32.9 Å². The molecule has 218 valence electrons. The van der Waals surface area contributed by atoms with Crippen LogP contribution in [0.4, 0.5) is 52.7 Å². The molecule has 0 aromatic heterocycles. The minimum atomic E-state index is -6.11. The van der Waals surface area contributed by atoms with Gasteiger partial charge >= 0.3 is 24.7 Å². The third kappa shape index (κ3) is 6.23. The molecule has 3 rings (SSSR count). The number of halogens is 12. The highest BCUT2D eigenvalue weighted by molar-refractivity contribution is 7.97. The summed E-state index contributed by atoms with van der Waals surface area (Å²) < 4.78 is 169. The van der Waals surface area contributed by atoms with Crippen molar-refractivity contribution in [3.05, 3.63) is 86.5 Å². The normalized spacial score (nSPS) is 14.0. The van der Waals surface area contributed by atoms with Crippen LogP contribution in [-0.2, 0) is 35.6 Å². The molecule has 1 atom stereocenters. The van der Waals surface area contributed by atoms with Gasteiger partial charge in [-0.25, -0.2) is 0 Å². The summed E-state index contributed by atoms with van der Waals surface area (Å²) in [5, 5.41) is 0. The zero-order chi connectivity index (χ0) is 30.7. The van der Waals surface area contributed by atoms with Crippen molar-refractivity contribution in [2.45, 2.75) is 74.0 Å². The predicted molar refractivity (Wildman–Crippen MR) is 125 cm³/mol. The van der Waals surface area contributed by atoms with Gasteiger partial charge in [-0.2, -0.15) is 52.7 Å². The van der Waals surface area contributed by atoms with Gasteiger partial charge < -0.3 is 0 Å². The van der Waals surface area contributed by atoms with Crippen LogP contribution < -0.4 is 0 Å². The summed E-state index contributed by atoms with van der Waals surface area (Å²) in [6.07, 6.45) is -22.8.